The smallest absolute Gasteiger partial charge is 0.125 e. The van der Waals surface area contributed by atoms with E-state index in [0.717, 1.165) is 11.1 Å². The van der Waals surface area contributed by atoms with Gasteiger partial charge in [-0.15, -0.1) is 36.2 Å². The first kappa shape index (κ1) is 23.2. The molecule has 0 atom stereocenters. The molecular formula is C20H26Cl2N4S. The molecule has 0 bridgehead atoms. The van der Waals surface area contributed by atoms with Crippen molar-refractivity contribution in [3.63, 3.8) is 0 Å². The second kappa shape index (κ2) is 9.40. The van der Waals surface area contributed by atoms with Gasteiger partial charge in [-0.3, -0.25) is 9.98 Å². The highest BCUT2D eigenvalue weighted by Gasteiger charge is 2.10. The Labute approximate surface area is 176 Å². The summed E-state index contributed by atoms with van der Waals surface area (Å²) in [4.78, 5) is 8.88. The third-order valence-electron chi connectivity index (χ3n) is 3.86. The highest BCUT2D eigenvalue weighted by molar-refractivity contribution is 7.25. The van der Waals surface area contributed by atoms with Gasteiger partial charge in [0.05, 0.1) is 0 Å². The van der Waals surface area contributed by atoms with Crippen molar-refractivity contribution in [2.45, 2.75) is 39.8 Å². The highest BCUT2D eigenvalue weighted by Crippen LogP contribution is 2.35. The predicted octanol–water partition coefficient (Wildman–Crippen LogP) is 5.13. The van der Waals surface area contributed by atoms with Crippen molar-refractivity contribution in [2.24, 2.45) is 21.5 Å². The van der Waals surface area contributed by atoms with Crippen LogP contribution >= 0.6 is 36.2 Å². The molecule has 7 heteroatoms. The first-order valence-electron chi connectivity index (χ1n) is 8.48. The van der Waals surface area contributed by atoms with Gasteiger partial charge in [-0.05, 0) is 39.8 Å². The van der Waals surface area contributed by atoms with Crippen LogP contribution in [-0.4, -0.2) is 23.8 Å². The van der Waals surface area contributed by atoms with Crippen molar-refractivity contribution < 1.29 is 0 Å². The molecule has 1 heterocycles. The molecule has 27 heavy (non-hydrogen) atoms. The lowest BCUT2D eigenvalue weighted by Crippen LogP contribution is -2.15. The summed E-state index contributed by atoms with van der Waals surface area (Å²) in [6, 6.07) is 12.9. The summed E-state index contributed by atoms with van der Waals surface area (Å²) < 4.78 is 2.40. The van der Waals surface area contributed by atoms with E-state index in [1.54, 1.807) is 11.3 Å². The van der Waals surface area contributed by atoms with Gasteiger partial charge in [-0.25, -0.2) is 0 Å². The van der Waals surface area contributed by atoms with Crippen molar-refractivity contribution in [1.29, 1.82) is 0 Å². The number of fused-ring (bicyclic) bond motifs is 3. The van der Waals surface area contributed by atoms with E-state index in [0.29, 0.717) is 11.7 Å². The topological polar surface area (TPSA) is 76.8 Å². The number of thiophene rings is 1. The van der Waals surface area contributed by atoms with Gasteiger partial charge in [0, 0.05) is 43.4 Å². The number of benzene rings is 2. The van der Waals surface area contributed by atoms with Crippen LogP contribution in [0.25, 0.3) is 20.2 Å². The van der Waals surface area contributed by atoms with Crippen LogP contribution in [-0.2, 0) is 0 Å². The van der Waals surface area contributed by atoms with Gasteiger partial charge >= 0.3 is 0 Å². The number of hydrogen-bond donors (Lipinski definition) is 2. The minimum Gasteiger partial charge on any atom is -0.383 e. The molecule has 4 nitrogen and oxygen atoms in total. The Bertz CT molecular complexity index is 912. The van der Waals surface area contributed by atoms with Crippen LogP contribution in [0.15, 0.2) is 46.4 Å². The largest absolute Gasteiger partial charge is 0.383 e. The van der Waals surface area contributed by atoms with Crippen molar-refractivity contribution in [2.75, 3.05) is 0 Å². The molecule has 0 aliphatic rings. The lowest BCUT2D eigenvalue weighted by molar-refractivity contribution is 0.834. The highest BCUT2D eigenvalue weighted by atomic mass is 35.5. The molecule has 146 valence electrons. The number of nitrogens with two attached hydrogens (primary N) is 2. The zero-order chi connectivity index (χ0) is 18.1. The van der Waals surface area contributed by atoms with E-state index in [4.69, 9.17) is 11.5 Å². The molecule has 0 aliphatic heterocycles. The molecule has 0 amide bonds. The van der Waals surface area contributed by atoms with Gasteiger partial charge in [-0.1, -0.05) is 24.3 Å². The third-order valence-corrected chi connectivity index (χ3v) is 4.97. The number of hydrogen-bond acceptors (Lipinski definition) is 3. The summed E-state index contributed by atoms with van der Waals surface area (Å²) in [6.07, 6.45) is 0. The quantitative estimate of drug-likeness (QED) is 0.449. The number of amidine groups is 2. The standard InChI is InChI=1S/C20H24N4S.2ClH/c1-11(2)23-19(21)13-5-7-15-16-8-6-14(20(22)24-12(3)4)10-18(16)25-17(15)9-13;;/h5-12H,1-4H3,(H2,21,23)(H2,22,24);2*1H. The fraction of sp³-hybridized carbons (Fsp3) is 0.300. The van der Waals surface area contributed by atoms with Crippen LogP contribution in [0.3, 0.4) is 0 Å². The summed E-state index contributed by atoms with van der Waals surface area (Å²) in [5.41, 5.74) is 14.2. The third kappa shape index (κ3) is 5.12. The van der Waals surface area contributed by atoms with Gasteiger partial charge < -0.3 is 11.5 Å². The maximum atomic E-state index is 6.11. The molecule has 0 saturated heterocycles. The van der Waals surface area contributed by atoms with Gasteiger partial charge in [0.2, 0.25) is 0 Å². The lowest BCUT2D eigenvalue weighted by atomic mass is 10.1. The summed E-state index contributed by atoms with van der Waals surface area (Å²) in [5.74, 6) is 1.17. The Morgan fingerprint density at radius 2 is 1.11 bits per heavy atom. The summed E-state index contributed by atoms with van der Waals surface area (Å²) in [5, 5.41) is 2.46. The Hall–Kier alpha value is -1.82. The first-order valence-corrected chi connectivity index (χ1v) is 9.30. The number of halogens is 2. The molecular weight excluding hydrogens is 399 g/mol. The molecule has 0 aliphatic carbocycles. The second-order valence-electron chi connectivity index (χ2n) is 6.74. The van der Waals surface area contributed by atoms with Gasteiger partial charge in [0.1, 0.15) is 11.7 Å². The van der Waals surface area contributed by atoms with Gasteiger partial charge in [0.15, 0.2) is 0 Å². The van der Waals surface area contributed by atoms with Crippen molar-refractivity contribution in [3.05, 3.63) is 47.5 Å². The molecule has 0 saturated carbocycles. The Morgan fingerprint density at radius 1 is 0.741 bits per heavy atom. The normalized spacial score (nSPS) is 12.5. The number of rotatable bonds is 4. The van der Waals surface area contributed by atoms with Gasteiger partial charge in [-0.2, -0.15) is 0 Å². The Morgan fingerprint density at radius 3 is 1.44 bits per heavy atom. The monoisotopic (exact) mass is 424 g/mol. The van der Waals surface area contributed by atoms with Crippen molar-refractivity contribution >= 4 is 68.0 Å². The van der Waals surface area contributed by atoms with E-state index in [9.17, 15) is 0 Å². The molecule has 3 aromatic rings. The van der Waals surface area contributed by atoms with E-state index < -0.39 is 0 Å². The van der Waals surface area contributed by atoms with Crippen LogP contribution in [0.5, 0.6) is 0 Å². The fourth-order valence-electron chi connectivity index (χ4n) is 2.80. The zero-order valence-corrected chi connectivity index (χ0v) is 18.3. The van der Waals surface area contributed by atoms with E-state index >= 15 is 0 Å². The van der Waals surface area contributed by atoms with Crippen LogP contribution in [0.4, 0.5) is 0 Å². The average Bonchev–Trinajstić information content (AvgIpc) is 2.90. The molecule has 4 N–H and O–H groups in total. The predicted molar refractivity (Wildman–Crippen MR) is 126 cm³/mol. The Kier molecular flexibility index (Phi) is 8.08. The average molecular weight is 425 g/mol. The van der Waals surface area contributed by atoms with Crippen LogP contribution in [0, 0.1) is 0 Å². The first-order chi connectivity index (χ1) is 11.8. The van der Waals surface area contributed by atoms with E-state index in [1.807, 2.05) is 39.8 Å². The molecule has 2 aromatic carbocycles. The zero-order valence-electron chi connectivity index (χ0n) is 15.9. The number of aliphatic imine (C=N–C) groups is 2. The molecule has 0 spiro atoms. The van der Waals surface area contributed by atoms with Crippen LogP contribution < -0.4 is 11.5 Å². The second-order valence-corrected chi connectivity index (χ2v) is 7.82. The summed E-state index contributed by atoms with van der Waals surface area (Å²) in [6.45, 7) is 8.09. The minimum atomic E-state index is 0. The lowest BCUT2D eigenvalue weighted by Gasteiger charge is -2.04. The molecule has 0 fully saturated rings. The van der Waals surface area contributed by atoms with E-state index in [-0.39, 0.29) is 36.9 Å². The van der Waals surface area contributed by atoms with Crippen molar-refractivity contribution in [3.8, 4) is 0 Å². The van der Waals surface area contributed by atoms with E-state index in [1.165, 1.54) is 20.2 Å². The molecule has 1 aromatic heterocycles. The summed E-state index contributed by atoms with van der Waals surface area (Å²) in [7, 11) is 0. The van der Waals surface area contributed by atoms with Crippen LogP contribution in [0.2, 0.25) is 0 Å². The number of nitrogens with zero attached hydrogens (tertiary/aromatic N) is 2. The van der Waals surface area contributed by atoms with E-state index in [2.05, 4.69) is 34.3 Å². The molecule has 0 radical (unpaired) electrons. The van der Waals surface area contributed by atoms with Crippen LogP contribution in [0.1, 0.15) is 38.8 Å². The Balaban J connectivity index is 0.00000182. The maximum absolute atomic E-state index is 6.11. The van der Waals surface area contributed by atoms with Crippen molar-refractivity contribution in [1.82, 2.24) is 0 Å². The molecule has 0 unspecified atom stereocenters. The summed E-state index contributed by atoms with van der Waals surface area (Å²) >= 11 is 1.74. The fourth-order valence-corrected chi connectivity index (χ4v) is 3.99. The maximum Gasteiger partial charge on any atom is 0.125 e. The van der Waals surface area contributed by atoms with Gasteiger partial charge in [0.25, 0.3) is 0 Å². The minimum absolute atomic E-state index is 0. The SMILES string of the molecule is CC(C)N=C(N)c1ccc2c(c1)sc1cc(C(N)=NC(C)C)ccc12.Cl.Cl. The molecule has 3 rings (SSSR count).